The van der Waals surface area contributed by atoms with Gasteiger partial charge in [0.05, 0.1) is 5.69 Å². The fourth-order valence-corrected chi connectivity index (χ4v) is 3.07. The second-order valence-corrected chi connectivity index (χ2v) is 5.06. The van der Waals surface area contributed by atoms with Crippen LogP contribution in [0, 0.1) is 0 Å². The van der Waals surface area contributed by atoms with Gasteiger partial charge in [0.1, 0.15) is 0 Å². The number of nitrogens with zero attached hydrogens (tertiary/aromatic N) is 3. The molecule has 18 heavy (non-hydrogen) atoms. The van der Waals surface area contributed by atoms with Crippen LogP contribution in [0.15, 0.2) is 30.7 Å². The zero-order valence-electron chi connectivity index (χ0n) is 10.0. The highest BCUT2D eigenvalue weighted by Gasteiger charge is 2.35. The largest absolute Gasteiger partial charge is 0.315 e. The summed E-state index contributed by atoms with van der Waals surface area (Å²) in [5.74, 6) is 2.01. The minimum absolute atomic E-state index is 0.572. The van der Waals surface area contributed by atoms with Gasteiger partial charge in [0.15, 0.2) is 5.82 Å². The molecule has 0 aromatic carbocycles. The van der Waals surface area contributed by atoms with Crippen molar-refractivity contribution in [2.45, 2.75) is 18.3 Å². The van der Waals surface area contributed by atoms with Crippen LogP contribution in [0.4, 0.5) is 0 Å². The summed E-state index contributed by atoms with van der Waals surface area (Å²) in [4.78, 5) is 13.3. The van der Waals surface area contributed by atoms with Crippen molar-refractivity contribution >= 4 is 0 Å². The van der Waals surface area contributed by atoms with Gasteiger partial charge in [0, 0.05) is 49.1 Å². The van der Waals surface area contributed by atoms with E-state index in [-0.39, 0.29) is 0 Å². The van der Waals surface area contributed by atoms with E-state index >= 15 is 0 Å². The maximum Gasteiger partial charge on any atom is 0.159 e. The molecule has 4 rings (SSSR count). The third-order valence-electron chi connectivity index (χ3n) is 3.96. The first-order valence-electron chi connectivity index (χ1n) is 6.40. The SMILES string of the molecule is c1cc(-c2ncc3c(n2)C2CNC[C@H]3C2)ccn1. The number of hydrogen-bond donors (Lipinski definition) is 1. The predicted molar refractivity (Wildman–Crippen MR) is 68.2 cm³/mol. The summed E-state index contributed by atoms with van der Waals surface area (Å²) in [7, 11) is 0. The van der Waals surface area contributed by atoms with E-state index in [9.17, 15) is 0 Å². The highest BCUT2D eigenvalue weighted by Crippen LogP contribution is 2.42. The molecule has 0 radical (unpaired) electrons. The highest BCUT2D eigenvalue weighted by atomic mass is 15.0. The Balaban J connectivity index is 1.81. The lowest BCUT2D eigenvalue weighted by Crippen LogP contribution is -2.28. The molecule has 0 amide bonds. The van der Waals surface area contributed by atoms with Crippen LogP contribution in [0.25, 0.3) is 11.4 Å². The van der Waals surface area contributed by atoms with Gasteiger partial charge in [-0.2, -0.15) is 0 Å². The van der Waals surface area contributed by atoms with Crippen molar-refractivity contribution in [3.05, 3.63) is 42.0 Å². The molecule has 2 bridgehead atoms. The first-order chi connectivity index (χ1) is 8.92. The molecule has 90 valence electrons. The van der Waals surface area contributed by atoms with Gasteiger partial charge in [-0.1, -0.05) is 0 Å². The predicted octanol–water partition coefficient (Wildman–Crippen LogP) is 1.71. The van der Waals surface area contributed by atoms with Crippen LogP contribution in [-0.2, 0) is 0 Å². The summed E-state index contributed by atoms with van der Waals surface area (Å²) >= 11 is 0. The maximum atomic E-state index is 4.79. The third-order valence-corrected chi connectivity index (χ3v) is 3.96. The summed E-state index contributed by atoms with van der Waals surface area (Å²) in [5, 5.41) is 3.48. The molecule has 2 aromatic heterocycles. The molecule has 1 fully saturated rings. The first-order valence-corrected chi connectivity index (χ1v) is 6.40. The van der Waals surface area contributed by atoms with Crippen molar-refractivity contribution in [3.63, 3.8) is 0 Å². The molecular formula is C14H14N4. The van der Waals surface area contributed by atoms with E-state index in [1.165, 1.54) is 17.7 Å². The zero-order valence-corrected chi connectivity index (χ0v) is 10.0. The molecule has 2 atom stereocenters. The molecule has 1 unspecified atom stereocenters. The summed E-state index contributed by atoms with van der Waals surface area (Å²) in [6.45, 7) is 2.12. The van der Waals surface area contributed by atoms with Gasteiger partial charge in [-0.25, -0.2) is 9.97 Å². The summed E-state index contributed by atoms with van der Waals surface area (Å²) in [5.41, 5.74) is 3.65. The molecule has 1 aliphatic carbocycles. The fraction of sp³-hybridized carbons (Fsp3) is 0.357. The van der Waals surface area contributed by atoms with E-state index in [2.05, 4.69) is 15.3 Å². The standard InChI is InChI=1S/C14H14N4/c1-3-15-4-2-9(1)14-17-8-12-10-5-11(7-16-6-10)13(12)18-14/h1-4,8,10-11,16H,5-7H2/t10-,11?/m1/s1. The monoisotopic (exact) mass is 238 g/mol. The van der Waals surface area contributed by atoms with Crippen LogP contribution in [0.5, 0.6) is 0 Å². The Morgan fingerprint density at radius 1 is 1.11 bits per heavy atom. The van der Waals surface area contributed by atoms with Crippen LogP contribution in [0.2, 0.25) is 0 Å². The number of nitrogens with one attached hydrogen (secondary N) is 1. The van der Waals surface area contributed by atoms with Crippen molar-refractivity contribution in [1.29, 1.82) is 0 Å². The van der Waals surface area contributed by atoms with Crippen molar-refractivity contribution in [3.8, 4) is 11.4 Å². The molecule has 1 saturated heterocycles. The van der Waals surface area contributed by atoms with Gasteiger partial charge in [-0.15, -0.1) is 0 Å². The van der Waals surface area contributed by atoms with Crippen LogP contribution in [0.3, 0.4) is 0 Å². The van der Waals surface area contributed by atoms with E-state index in [1.807, 2.05) is 18.3 Å². The first kappa shape index (κ1) is 10.1. The number of hydrogen-bond acceptors (Lipinski definition) is 4. The number of rotatable bonds is 1. The summed E-state index contributed by atoms with van der Waals surface area (Å²) < 4.78 is 0. The van der Waals surface area contributed by atoms with Gasteiger partial charge >= 0.3 is 0 Å². The molecule has 0 saturated carbocycles. The Labute approximate surface area is 106 Å². The lowest BCUT2D eigenvalue weighted by molar-refractivity contribution is 0.451. The maximum absolute atomic E-state index is 4.79. The highest BCUT2D eigenvalue weighted by molar-refractivity contribution is 5.54. The number of fused-ring (bicyclic) bond motifs is 5. The van der Waals surface area contributed by atoms with E-state index in [4.69, 9.17) is 4.98 Å². The average Bonchev–Trinajstić information content (AvgIpc) is 2.71. The van der Waals surface area contributed by atoms with Crippen LogP contribution < -0.4 is 5.32 Å². The van der Waals surface area contributed by atoms with Crippen LogP contribution in [0.1, 0.15) is 29.5 Å². The fourth-order valence-electron chi connectivity index (χ4n) is 3.07. The Bertz CT molecular complexity index is 582. The van der Waals surface area contributed by atoms with E-state index in [0.29, 0.717) is 11.8 Å². The molecule has 3 heterocycles. The third kappa shape index (κ3) is 1.46. The zero-order chi connectivity index (χ0) is 11.9. The van der Waals surface area contributed by atoms with E-state index < -0.39 is 0 Å². The number of pyridine rings is 1. The quantitative estimate of drug-likeness (QED) is 0.821. The van der Waals surface area contributed by atoms with Crippen LogP contribution >= 0.6 is 0 Å². The van der Waals surface area contributed by atoms with Crippen molar-refractivity contribution in [2.24, 2.45) is 0 Å². The molecule has 2 aliphatic rings. The van der Waals surface area contributed by atoms with Gasteiger partial charge in [-0.3, -0.25) is 4.98 Å². The minimum Gasteiger partial charge on any atom is -0.315 e. The second kappa shape index (κ2) is 3.85. The van der Waals surface area contributed by atoms with Gasteiger partial charge in [-0.05, 0) is 24.1 Å². The topological polar surface area (TPSA) is 50.7 Å². The van der Waals surface area contributed by atoms with Gasteiger partial charge < -0.3 is 5.32 Å². The van der Waals surface area contributed by atoms with Crippen LogP contribution in [-0.4, -0.2) is 28.0 Å². The lowest BCUT2D eigenvalue weighted by Gasteiger charge is -2.19. The van der Waals surface area contributed by atoms with Gasteiger partial charge in [0.25, 0.3) is 0 Å². The lowest BCUT2D eigenvalue weighted by atomic mass is 9.98. The van der Waals surface area contributed by atoms with Crippen molar-refractivity contribution < 1.29 is 0 Å². The Morgan fingerprint density at radius 2 is 1.94 bits per heavy atom. The Kier molecular flexibility index (Phi) is 2.17. The molecule has 1 N–H and O–H groups in total. The smallest absolute Gasteiger partial charge is 0.159 e. The molecule has 4 nitrogen and oxygen atoms in total. The molecule has 1 aliphatic heterocycles. The Morgan fingerprint density at radius 3 is 2.83 bits per heavy atom. The minimum atomic E-state index is 0.572. The number of piperidine rings is 1. The molecule has 4 heteroatoms. The molecule has 2 aromatic rings. The average molecular weight is 238 g/mol. The van der Waals surface area contributed by atoms with E-state index in [0.717, 1.165) is 24.5 Å². The van der Waals surface area contributed by atoms with E-state index in [1.54, 1.807) is 12.4 Å². The summed E-state index contributed by atoms with van der Waals surface area (Å²) in [6.07, 6.45) is 6.82. The van der Waals surface area contributed by atoms with Crippen molar-refractivity contribution in [1.82, 2.24) is 20.3 Å². The van der Waals surface area contributed by atoms with Crippen molar-refractivity contribution in [2.75, 3.05) is 13.1 Å². The summed E-state index contributed by atoms with van der Waals surface area (Å²) in [6, 6.07) is 3.92. The van der Waals surface area contributed by atoms with Gasteiger partial charge in [0.2, 0.25) is 0 Å². The Hall–Kier alpha value is -1.81. The second-order valence-electron chi connectivity index (χ2n) is 5.06. The number of aromatic nitrogens is 3. The molecule has 0 spiro atoms. The normalized spacial score (nSPS) is 24.9. The molecular weight excluding hydrogens is 224 g/mol.